The van der Waals surface area contributed by atoms with Crippen molar-refractivity contribution >= 4 is 23.0 Å². The average molecular weight is 370 g/mol. The molecule has 1 aliphatic heterocycles. The molecule has 3 rings (SSSR count). The summed E-state index contributed by atoms with van der Waals surface area (Å²) in [5.74, 6) is 0.904. The van der Waals surface area contributed by atoms with Gasteiger partial charge in [-0.3, -0.25) is 4.90 Å². The van der Waals surface area contributed by atoms with Crippen LogP contribution in [0.2, 0.25) is 0 Å². The number of aryl methyl sites for hydroxylation is 1. The number of methoxy groups -OCH3 is 1. The second-order valence-corrected chi connectivity index (χ2v) is 7.18. The molecule has 2 aromatic rings. The lowest BCUT2D eigenvalue weighted by molar-refractivity contribution is 0.177. The molecule has 1 heterocycles. The molecule has 0 aliphatic carbocycles. The Balaban J connectivity index is 1.51. The molecule has 0 unspecified atom stereocenters. The Morgan fingerprint density at radius 3 is 2.38 bits per heavy atom. The van der Waals surface area contributed by atoms with Crippen LogP contribution in [0, 0.1) is 13.8 Å². The number of ether oxygens (including phenoxy) is 1. The van der Waals surface area contributed by atoms with Crippen LogP contribution in [0.3, 0.4) is 0 Å². The first kappa shape index (κ1) is 18.7. The second kappa shape index (κ2) is 8.52. The van der Waals surface area contributed by atoms with Crippen molar-refractivity contribution in [3.63, 3.8) is 0 Å². The zero-order valence-electron chi connectivity index (χ0n) is 15.8. The molecular formula is C21H27N3OS. The molecule has 0 saturated carbocycles. The third kappa shape index (κ3) is 4.54. The van der Waals surface area contributed by atoms with Gasteiger partial charge in [0.2, 0.25) is 0 Å². The van der Waals surface area contributed by atoms with Crippen LogP contribution in [0.5, 0.6) is 5.75 Å². The van der Waals surface area contributed by atoms with Gasteiger partial charge < -0.3 is 15.0 Å². The van der Waals surface area contributed by atoms with Crippen LogP contribution in [0.1, 0.15) is 16.7 Å². The molecule has 0 amide bonds. The van der Waals surface area contributed by atoms with Crippen molar-refractivity contribution in [1.29, 1.82) is 0 Å². The lowest BCUT2D eigenvalue weighted by atomic mass is 10.1. The molecular weight excluding hydrogens is 342 g/mol. The highest BCUT2D eigenvalue weighted by atomic mass is 32.1. The van der Waals surface area contributed by atoms with Crippen LogP contribution >= 0.6 is 12.2 Å². The first-order valence-electron chi connectivity index (χ1n) is 9.04. The number of piperazine rings is 1. The Hall–Kier alpha value is -2.11. The minimum absolute atomic E-state index is 0.822. The van der Waals surface area contributed by atoms with Crippen molar-refractivity contribution in [3.8, 4) is 5.75 Å². The number of nitrogens with one attached hydrogen (secondary N) is 1. The van der Waals surface area contributed by atoms with Gasteiger partial charge in [0.05, 0.1) is 7.11 Å². The fourth-order valence-electron chi connectivity index (χ4n) is 3.18. The van der Waals surface area contributed by atoms with E-state index in [9.17, 15) is 0 Å². The predicted octanol–water partition coefficient (Wildman–Crippen LogP) is 3.83. The zero-order valence-corrected chi connectivity index (χ0v) is 16.6. The van der Waals surface area contributed by atoms with Gasteiger partial charge in [-0.2, -0.15) is 0 Å². The highest BCUT2D eigenvalue weighted by Crippen LogP contribution is 2.19. The summed E-state index contributed by atoms with van der Waals surface area (Å²) in [5.41, 5.74) is 4.96. The minimum Gasteiger partial charge on any atom is -0.497 e. The van der Waals surface area contributed by atoms with Crippen LogP contribution < -0.4 is 10.1 Å². The molecule has 1 aliphatic rings. The molecule has 1 fully saturated rings. The van der Waals surface area contributed by atoms with Crippen LogP contribution in [0.25, 0.3) is 0 Å². The number of nitrogens with zero attached hydrogens (tertiary/aromatic N) is 2. The number of hydrogen-bond donors (Lipinski definition) is 1. The summed E-state index contributed by atoms with van der Waals surface area (Å²) in [5, 5.41) is 4.24. The summed E-state index contributed by atoms with van der Waals surface area (Å²) >= 11 is 5.64. The standard InChI is InChI=1S/C21H27N3OS/c1-16-5-4-6-20(17(16)2)22-21(26)24-13-11-23(12-14-24)15-18-7-9-19(25-3)10-8-18/h4-10H,11-15H2,1-3H3,(H,22,26). The fraction of sp³-hybridized carbons (Fsp3) is 0.381. The average Bonchev–Trinajstić information content (AvgIpc) is 2.66. The molecule has 4 nitrogen and oxygen atoms in total. The maximum Gasteiger partial charge on any atom is 0.173 e. The molecule has 1 N–H and O–H groups in total. The third-order valence-corrected chi connectivity index (χ3v) is 5.43. The van der Waals surface area contributed by atoms with Crippen molar-refractivity contribution in [2.24, 2.45) is 0 Å². The zero-order chi connectivity index (χ0) is 18.5. The van der Waals surface area contributed by atoms with Gasteiger partial charge >= 0.3 is 0 Å². The van der Waals surface area contributed by atoms with Gasteiger partial charge in [0.1, 0.15) is 5.75 Å². The van der Waals surface area contributed by atoms with Crippen molar-refractivity contribution in [2.45, 2.75) is 20.4 Å². The topological polar surface area (TPSA) is 27.7 Å². The van der Waals surface area contributed by atoms with Gasteiger partial charge in [0.25, 0.3) is 0 Å². The number of anilines is 1. The van der Waals surface area contributed by atoms with Crippen LogP contribution in [-0.4, -0.2) is 48.2 Å². The Morgan fingerprint density at radius 2 is 1.73 bits per heavy atom. The molecule has 2 aromatic carbocycles. The number of rotatable bonds is 4. The highest BCUT2D eigenvalue weighted by Gasteiger charge is 2.19. The summed E-state index contributed by atoms with van der Waals surface area (Å²) in [7, 11) is 1.70. The van der Waals surface area contributed by atoms with E-state index in [-0.39, 0.29) is 0 Å². The van der Waals surface area contributed by atoms with E-state index in [1.165, 1.54) is 16.7 Å². The summed E-state index contributed by atoms with van der Waals surface area (Å²) in [4.78, 5) is 4.74. The fourth-order valence-corrected chi connectivity index (χ4v) is 3.47. The van der Waals surface area contributed by atoms with E-state index in [1.54, 1.807) is 7.11 Å². The van der Waals surface area contributed by atoms with Crippen molar-refractivity contribution in [2.75, 3.05) is 38.6 Å². The monoisotopic (exact) mass is 369 g/mol. The Labute approximate surface area is 161 Å². The molecule has 0 atom stereocenters. The van der Waals surface area contributed by atoms with Gasteiger partial charge in [-0.15, -0.1) is 0 Å². The molecule has 1 saturated heterocycles. The number of hydrogen-bond acceptors (Lipinski definition) is 3. The van der Waals surface area contributed by atoms with Gasteiger partial charge in [0, 0.05) is 38.4 Å². The maximum absolute atomic E-state index is 5.64. The molecule has 0 radical (unpaired) electrons. The van der Waals surface area contributed by atoms with Gasteiger partial charge in [-0.25, -0.2) is 0 Å². The minimum atomic E-state index is 0.822. The quantitative estimate of drug-likeness (QED) is 0.827. The van der Waals surface area contributed by atoms with Crippen molar-refractivity contribution < 1.29 is 4.74 Å². The smallest absolute Gasteiger partial charge is 0.173 e. The van der Waals surface area contributed by atoms with E-state index in [0.29, 0.717) is 0 Å². The first-order chi connectivity index (χ1) is 12.6. The van der Waals surface area contributed by atoms with Crippen LogP contribution in [0.4, 0.5) is 5.69 Å². The van der Waals surface area contributed by atoms with Gasteiger partial charge in [0.15, 0.2) is 5.11 Å². The third-order valence-electron chi connectivity index (χ3n) is 5.07. The molecule has 0 bridgehead atoms. The number of thiocarbonyl (C=S) groups is 1. The second-order valence-electron chi connectivity index (χ2n) is 6.79. The summed E-state index contributed by atoms with van der Waals surface area (Å²) in [6, 6.07) is 14.6. The van der Waals surface area contributed by atoms with Crippen LogP contribution in [0.15, 0.2) is 42.5 Å². The maximum atomic E-state index is 5.64. The van der Waals surface area contributed by atoms with E-state index in [4.69, 9.17) is 17.0 Å². The van der Waals surface area contributed by atoms with E-state index < -0.39 is 0 Å². The Bertz CT molecular complexity index is 752. The van der Waals surface area contributed by atoms with Crippen LogP contribution in [-0.2, 0) is 6.54 Å². The van der Waals surface area contributed by atoms with E-state index in [0.717, 1.165) is 49.3 Å². The van der Waals surface area contributed by atoms with Gasteiger partial charge in [-0.1, -0.05) is 24.3 Å². The Morgan fingerprint density at radius 1 is 1.04 bits per heavy atom. The van der Waals surface area contributed by atoms with Crippen molar-refractivity contribution in [1.82, 2.24) is 9.80 Å². The molecule has 5 heteroatoms. The lowest BCUT2D eigenvalue weighted by Crippen LogP contribution is -2.49. The molecule has 0 aromatic heterocycles. The summed E-state index contributed by atoms with van der Waals surface area (Å²) in [6.45, 7) is 9.16. The highest BCUT2D eigenvalue weighted by molar-refractivity contribution is 7.80. The first-order valence-corrected chi connectivity index (χ1v) is 9.45. The predicted molar refractivity (Wildman–Crippen MR) is 112 cm³/mol. The normalized spacial score (nSPS) is 15.0. The van der Waals surface area contributed by atoms with Gasteiger partial charge in [-0.05, 0) is 61.0 Å². The summed E-state index contributed by atoms with van der Waals surface area (Å²) < 4.78 is 5.22. The van der Waals surface area contributed by atoms with E-state index in [1.807, 2.05) is 12.1 Å². The number of benzene rings is 2. The summed E-state index contributed by atoms with van der Waals surface area (Å²) in [6.07, 6.45) is 0. The Kier molecular flexibility index (Phi) is 6.12. The SMILES string of the molecule is COc1ccc(CN2CCN(C(=S)Nc3cccc(C)c3C)CC2)cc1. The van der Waals surface area contributed by atoms with E-state index in [2.05, 4.69) is 59.3 Å². The van der Waals surface area contributed by atoms with Crippen molar-refractivity contribution in [3.05, 3.63) is 59.2 Å². The largest absolute Gasteiger partial charge is 0.497 e. The molecule has 138 valence electrons. The molecule has 26 heavy (non-hydrogen) atoms. The van der Waals surface area contributed by atoms with E-state index >= 15 is 0 Å². The molecule has 0 spiro atoms. The lowest BCUT2D eigenvalue weighted by Gasteiger charge is -2.36.